The summed E-state index contributed by atoms with van der Waals surface area (Å²) >= 11 is 2.06. The zero-order chi connectivity index (χ0) is 27.1. The topological polar surface area (TPSA) is 67.0 Å². The molecule has 2 N–H and O–H groups in total. The number of benzene rings is 2. The molecule has 36 heavy (non-hydrogen) atoms. The molecule has 0 saturated heterocycles. The van der Waals surface area contributed by atoms with Gasteiger partial charge in [-0.1, -0.05) is 44.2 Å². The molecule has 0 aliphatic heterocycles. The standard InChI is InChI=1S/C24H21FN3O2.C2H6.C2H5.CH2.V/c1-15-3-8-19(27-23(15)16-4-6-18(25)7-5-16)11-12-26-24(29)22-14-17-13-20(30-2)9-10-21(17)28-22;2*1-2;;/h4-10,13-14,28H,11-12H2,1-2H3,(H,26,29);1-2H3;1H2,2H3;1H2;/q-1;;-1;;+2. The van der Waals surface area contributed by atoms with Gasteiger partial charge in [-0.15, -0.1) is 5.56 Å². The normalized spacial score (nSPS) is 9.58. The van der Waals surface area contributed by atoms with Gasteiger partial charge in [-0.05, 0) is 48.5 Å². The van der Waals surface area contributed by atoms with Crippen molar-refractivity contribution in [2.45, 2.75) is 34.1 Å². The maximum atomic E-state index is 13.2. The molecule has 0 aliphatic carbocycles. The van der Waals surface area contributed by atoms with Gasteiger partial charge in [-0.25, -0.2) is 4.39 Å². The molecule has 1 amide bonds. The van der Waals surface area contributed by atoms with Gasteiger partial charge >= 0.3 is 22.2 Å². The van der Waals surface area contributed by atoms with Crippen molar-refractivity contribution in [3.8, 4) is 17.0 Å². The van der Waals surface area contributed by atoms with Crippen LogP contribution in [0.25, 0.3) is 22.2 Å². The van der Waals surface area contributed by atoms with Crippen LogP contribution < -0.4 is 10.1 Å². The quantitative estimate of drug-likeness (QED) is 0.290. The second kappa shape index (κ2) is 16.5. The molecular formula is C29H34FN3O2V. The van der Waals surface area contributed by atoms with Gasteiger partial charge in [0.05, 0.1) is 7.11 Å². The van der Waals surface area contributed by atoms with Crippen LogP contribution in [0.2, 0.25) is 0 Å². The number of nitrogens with one attached hydrogen (secondary N) is 2. The summed E-state index contributed by atoms with van der Waals surface area (Å²) in [4.78, 5) is 20.3. The molecule has 2 aromatic carbocycles. The Morgan fingerprint density at radius 1 is 1.17 bits per heavy atom. The van der Waals surface area contributed by atoms with Gasteiger partial charge in [-0.2, -0.15) is 19.1 Å². The maximum absolute atomic E-state index is 13.2. The number of fused-ring (bicyclic) bond motifs is 1. The molecule has 0 saturated carbocycles. The van der Waals surface area contributed by atoms with Crippen LogP contribution in [0, 0.1) is 25.7 Å². The fraction of sp³-hybridized carbons (Fsp3) is 0.241. The summed E-state index contributed by atoms with van der Waals surface area (Å²) in [5.41, 5.74) is 4.67. The van der Waals surface area contributed by atoms with Crippen LogP contribution in [-0.2, 0) is 23.4 Å². The first-order chi connectivity index (χ1) is 17.5. The van der Waals surface area contributed by atoms with E-state index in [-0.39, 0.29) is 11.7 Å². The Labute approximate surface area is 223 Å². The molecule has 4 aromatic rings. The Kier molecular flexibility index (Phi) is 14.1. The van der Waals surface area contributed by atoms with Crippen LogP contribution in [0.5, 0.6) is 5.75 Å². The van der Waals surface area contributed by atoms with Gasteiger partial charge in [0.1, 0.15) is 17.3 Å². The molecule has 4 rings (SSSR count). The number of amides is 1. The number of methoxy groups -OCH3 is 1. The number of nitrogens with zero attached hydrogens (tertiary/aromatic N) is 1. The van der Waals surface area contributed by atoms with Crippen molar-refractivity contribution < 1.29 is 30.9 Å². The summed E-state index contributed by atoms with van der Waals surface area (Å²) in [6.07, 6.45) is 0.560. The number of aryl methyl sites for hydroxylation is 1. The van der Waals surface area contributed by atoms with Crippen molar-refractivity contribution in [1.29, 1.82) is 0 Å². The summed E-state index contributed by atoms with van der Waals surface area (Å²) in [6, 6.07) is 18.7. The van der Waals surface area contributed by atoms with Crippen molar-refractivity contribution in [2.24, 2.45) is 0 Å². The van der Waals surface area contributed by atoms with Crippen molar-refractivity contribution in [1.82, 2.24) is 15.3 Å². The predicted octanol–water partition coefficient (Wildman–Crippen LogP) is 6.29. The van der Waals surface area contributed by atoms with E-state index in [2.05, 4.69) is 50.5 Å². The van der Waals surface area contributed by atoms with Crippen LogP contribution >= 0.6 is 0 Å². The van der Waals surface area contributed by atoms with E-state index in [0.29, 0.717) is 18.7 Å². The molecule has 0 unspecified atom stereocenters. The van der Waals surface area contributed by atoms with E-state index in [1.54, 1.807) is 32.2 Å². The summed E-state index contributed by atoms with van der Waals surface area (Å²) in [5, 5.41) is 7.02. The minimum atomic E-state index is -0.283. The van der Waals surface area contributed by atoms with Crippen molar-refractivity contribution in [3.63, 3.8) is 0 Å². The molecule has 0 aliphatic rings. The molecule has 0 bridgehead atoms. The number of aromatic nitrogens is 2. The molecule has 7 heteroatoms. The number of pyridine rings is 1. The van der Waals surface area contributed by atoms with Crippen molar-refractivity contribution in [2.75, 3.05) is 13.7 Å². The minimum absolute atomic E-state index is 0.181. The molecule has 189 valence electrons. The Morgan fingerprint density at radius 3 is 2.47 bits per heavy atom. The number of ether oxygens (including phenoxy) is 1. The molecule has 0 atom stereocenters. The van der Waals surface area contributed by atoms with E-state index in [1.165, 1.54) is 12.1 Å². The summed E-state index contributed by atoms with van der Waals surface area (Å²) in [7, 11) is 1.61. The number of carbonyl (C=O) groups excluding carboxylic acids is 1. The molecule has 0 fully saturated rings. The van der Waals surface area contributed by atoms with E-state index >= 15 is 0 Å². The second-order valence-electron chi connectivity index (χ2n) is 7.01. The van der Waals surface area contributed by atoms with Crippen LogP contribution in [0.1, 0.15) is 42.5 Å². The molecule has 0 radical (unpaired) electrons. The Hall–Kier alpha value is -3.22. The fourth-order valence-corrected chi connectivity index (χ4v) is 3.30. The van der Waals surface area contributed by atoms with Crippen LogP contribution in [0.3, 0.4) is 0 Å². The average molecular weight is 527 g/mol. The zero-order valence-electron chi connectivity index (χ0n) is 21.6. The summed E-state index contributed by atoms with van der Waals surface area (Å²) < 4.78 is 18.4. The third-order valence-corrected chi connectivity index (χ3v) is 4.92. The van der Waals surface area contributed by atoms with Gasteiger partial charge < -0.3 is 26.9 Å². The number of rotatable bonds is 6. The van der Waals surface area contributed by atoms with Gasteiger partial charge in [0.15, 0.2) is 0 Å². The third-order valence-electron chi connectivity index (χ3n) is 4.92. The van der Waals surface area contributed by atoms with E-state index in [1.807, 2.05) is 45.0 Å². The monoisotopic (exact) mass is 526 g/mol. The summed E-state index contributed by atoms with van der Waals surface area (Å²) in [6.45, 7) is 11.4. The number of H-pyrrole nitrogens is 1. The van der Waals surface area contributed by atoms with E-state index in [9.17, 15) is 9.18 Å². The second-order valence-corrected chi connectivity index (χ2v) is 7.01. The SMILES string of the molecule is CC.COc1ccc2[nH]c(C(=O)NCCc3c[c-]c(C)c(-c4ccc(F)cc4)n3)cc2c1.[CH2-]C.[CH2]=[V+2]. The number of carbonyl (C=O) groups is 1. The van der Waals surface area contributed by atoms with Crippen molar-refractivity contribution >= 4 is 22.0 Å². The van der Waals surface area contributed by atoms with Gasteiger partial charge in [0, 0.05) is 17.4 Å². The van der Waals surface area contributed by atoms with Gasteiger partial charge in [-0.3, -0.25) is 4.79 Å². The van der Waals surface area contributed by atoms with Crippen LogP contribution in [0.4, 0.5) is 4.39 Å². The molecule has 0 spiro atoms. The van der Waals surface area contributed by atoms with Crippen molar-refractivity contribution in [3.05, 3.63) is 90.4 Å². The Morgan fingerprint density at radius 2 is 1.83 bits per heavy atom. The first kappa shape index (κ1) is 30.8. The van der Waals surface area contributed by atoms with Gasteiger partial charge in [0.2, 0.25) is 0 Å². The Bertz CT molecular complexity index is 1220. The molecule has 2 aromatic heterocycles. The fourth-order valence-electron chi connectivity index (χ4n) is 3.30. The number of aromatic amines is 1. The molecule has 2 heterocycles. The van der Waals surface area contributed by atoms with E-state index in [0.717, 1.165) is 39.2 Å². The van der Waals surface area contributed by atoms with E-state index in [4.69, 9.17) is 4.74 Å². The van der Waals surface area contributed by atoms with E-state index < -0.39 is 0 Å². The Balaban J connectivity index is 0.00000101. The summed E-state index contributed by atoms with van der Waals surface area (Å²) in [5.74, 6) is 0.279. The first-order valence-corrected chi connectivity index (χ1v) is 12.6. The number of hydrogen-bond acceptors (Lipinski definition) is 3. The zero-order valence-corrected chi connectivity index (χ0v) is 23.0. The van der Waals surface area contributed by atoms with Gasteiger partial charge in [0.25, 0.3) is 5.91 Å². The van der Waals surface area contributed by atoms with Crippen LogP contribution in [-0.4, -0.2) is 34.8 Å². The first-order valence-electron chi connectivity index (χ1n) is 11.6. The van der Waals surface area contributed by atoms with Crippen LogP contribution in [0.15, 0.2) is 54.6 Å². The third kappa shape index (κ3) is 8.47. The molecule has 5 nitrogen and oxygen atoms in total. The predicted molar refractivity (Wildman–Crippen MR) is 144 cm³/mol. The number of halogens is 1. The number of hydrogen-bond donors (Lipinski definition) is 2. The average Bonchev–Trinajstić information content (AvgIpc) is 3.37. The molecular weight excluding hydrogens is 492 g/mol.